The number of rotatable bonds is 4. The maximum atomic E-state index is 12.5. The molecule has 1 aliphatic heterocycles. The second-order valence-electron chi connectivity index (χ2n) is 5.42. The summed E-state index contributed by atoms with van der Waals surface area (Å²) in [7, 11) is -3.33. The van der Waals surface area contributed by atoms with E-state index in [9.17, 15) is 8.42 Å². The zero-order chi connectivity index (χ0) is 14.7. The summed E-state index contributed by atoms with van der Waals surface area (Å²) in [6.45, 7) is 2.10. The molecular formula is C15H19N3O2S. The predicted octanol–water partition coefficient (Wildman–Crippen LogP) is 1.98. The normalized spacial score (nSPS) is 17.9. The van der Waals surface area contributed by atoms with Gasteiger partial charge in [0.2, 0.25) is 10.0 Å². The van der Waals surface area contributed by atoms with Gasteiger partial charge in [-0.3, -0.25) is 0 Å². The van der Waals surface area contributed by atoms with Gasteiger partial charge in [0, 0.05) is 32.0 Å². The van der Waals surface area contributed by atoms with Crippen LogP contribution in [0.1, 0.15) is 12.8 Å². The third-order valence-electron chi connectivity index (χ3n) is 3.98. The maximum Gasteiger partial charge on any atom is 0.243 e. The van der Waals surface area contributed by atoms with Crippen LogP contribution in [0.25, 0.3) is 0 Å². The molecule has 0 amide bonds. The first-order valence-electron chi connectivity index (χ1n) is 7.17. The zero-order valence-electron chi connectivity index (χ0n) is 11.8. The first kappa shape index (κ1) is 14.3. The minimum atomic E-state index is -3.33. The molecule has 21 heavy (non-hydrogen) atoms. The third-order valence-corrected chi connectivity index (χ3v) is 5.90. The van der Waals surface area contributed by atoms with Gasteiger partial charge in [-0.1, -0.05) is 18.2 Å². The lowest BCUT2D eigenvalue weighted by atomic mass is 9.98. The molecule has 1 fully saturated rings. The summed E-state index contributed by atoms with van der Waals surface area (Å²) >= 11 is 0. The molecule has 0 saturated carbocycles. The lowest BCUT2D eigenvalue weighted by Crippen LogP contribution is -2.39. The van der Waals surface area contributed by atoms with E-state index in [2.05, 4.69) is 9.55 Å². The van der Waals surface area contributed by atoms with Crippen molar-refractivity contribution in [3.8, 4) is 0 Å². The Kier molecular flexibility index (Phi) is 4.07. The highest BCUT2D eigenvalue weighted by atomic mass is 32.2. The van der Waals surface area contributed by atoms with Crippen LogP contribution in [0.2, 0.25) is 0 Å². The van der Waals surface area contributed by atoms with E-state index in [1.54, 1.807) is 34.8 Å². The van der Waals surface area contributed by atoms with Gasteiger partial charge >= 0.3 is 0 Å². The maximum absolute atomic E-state index is 12.5. The molecule has 1 aromatic heterocycles. The van der Waals surface area contributed by atoms with Crippen molar-refractivity contribution in [1.29, 1.82) is 0 Å². The second kappa shape index (κ2) is 5.99. The Morgan fingerprint density at radius 2 is 1.86 bits per heavy atom. The molecule has 112 valence electrons. The van der Waals surface area contributed by atoms with E-state index in [0.29, 0.717) is 23.9 Å². The van der Waals surface area contributed by atoms with Crippen LogP contribution >= 0.6 is 0 Å². The average Bonchev–Trinajstić information content (AvgIpc) is 3.02. The van der Waals surface area contributed by atoms with E-state index < -0.39 is 10.0 Å². The Morgan fingerprint density at radius 3 is 2.48 bits per heavy atom. The van der Waals surface area contributed by atoms with Gasteiger partial charge in [-0.05, 0) is 30.9 Å². The molecule has 0 aliphatic carbocycles. The summed E-state index contributed by atoms with van der Waals surface area (Å²) in [5, 5.41) is 0. The molecular weight excluding hydrogens is 286 g/mol. The fourth-order valence-corrected chi connectivity index (χ4v) is 4.26. The summed E-state index contributed by atoms with van der Waals surface area (Å²) in [6.07, 6.45) is 7.32. The second-order valence-corrected chi connectivity index (χ2v) is 7.36. The number of aromatic nitrogens is 2. The van der Waals surface area contributed by atoms with Crippen molar-refractivity contribution in [2.75, 3.05) is 13.1 Å². The van der Waals surface area contributed by atoms with Crippen molar-refractivity contribution < 1.29 is 8.42 Å². The van der Waals surface area contributed by atoms with Crippen LogP contribution in [-0.4, -0.2) is 35.4 Å². The molecule has 2 aromatic rings. The van der Waals surface area contributed by atoms with Gasteiger partial charge in [-0.15, -0.1) is 0 Å². The van der Waals surface area contributed by atoms with E-state index in [-0.39, 0.29) is 0 Å². The monoisotopic (exact) mass is 305 g/mol. The summed E-state index contributed by atoms with van der Waals surface area (Å²) in [6, 6.07) is 8.67. The molecule has 0 N–H and O–H groups in total. The summed E-state index contributed by atoms with van der Waals surface area (Å²) in [4.78, 5) is 4.43. The smallest absolute Gasteiger partial charge is 0.243 e. The van der Waals surface area contributed by atoms with Gasteiger partial charge in [0.05, 0.1) is 11.2 Å². The summed E-state index contributed by atoms with van der Waals surface area (Å²) < 4.78 is 28.7. The van der Waals surface area contributed by atoms with Gasteiger partial charge in [0.1, 0.15) is 0 Å². The van der Waals surface area contributed by atoms with Gasteiger partial charge in [-0.25, -0.2) is 13.4 Å². The Bertz CT molecular complexity index is 660. The predicted molar refractivity (Wildman–Crippen MR) is 80.2 cm³/mol. The lowest BCUT2D eigenvalue weighted by Gasteiger charge is -2.31. The first-order valence-corrected chi connectivity index (χ1v) is 8.61. The van der Waals surface area contributed by atoms with Gasteiger partial charge in [-0.2, -0.15) is 4.31 Å². The zero-order valence-corrected chi connectivity index (χ0v) is 12.6. The highest BCUT2D eigenvalue weighted by Gasteiger charge is 2.29. The number of nitrogens with zero attached hydrogens (tertiary/aromatic N) is 3. The molecule has 1 saturated heterocycles. The molecule has 6 heteroatoms. The standard InChI is InChI=1S/C15H19N3O2S/c19-21(20,15-4-2-1-3-5-15)18-9-6-14(7-10-18)12-17-11-8-16-13-17/h1-5,8,11,13-14H,6-7,9-10,12H2. The number of sulfonamides is 1. The Balaban J connectivity index is 1.63. The van der Waals surface area contributed by atoms with Gasteiger partial charge < -0.3 is 4.57 Å². The third kappa shape index (κ3) is 3.16. The topological polar surface area (TPSA) is 55.2 Å². The quantitative estimate of drug-likeness (QED) is 0.868. The van der Waals surface area contributed by atoms with Crippen molar-refractivity contribution in [3.05, 3.63) is 49.1 Å². The van der Waals surface area contributed by atoms with E-state index in [4.69, 9.17) is 0 Å². The number of hydrogen-bond acceptors (Lipinski definition) is 3. The minimum absolute atomic E-state index is 0.387. The summed E-state index contributed by atoms with van der Waals surface area (Å²) in [5.74, 6) is 0.515. The first-order chi connectivity index (χ1) is 10.2. The van der Waals surface area contributed by atoms with Crippen LogP contribution < -0.4 is 0 Å². The molecule has 0 bridgehead atoms. The van der Waals surface area contributed by atoms with E-state index in [1.165, 1.54) is 0 Å². The van der Waals surface area contributed by atoms with Crippen molar-refractivity contribution in [2.24, 2.45) is 5.92 Å². The highest BCUT2D eigenvalue weighted by Crippen LogP contribution is 2.24. The fourth-order valence-electron chi connectivity index (χ4n) is 2.77. The SMILES string of the molecule is O=S(=O)(c1ccccc1)N1CCC(Cn2ccnc2)CC1. The van der Waals surface area contributed by atoms with E-state index in [1.807, 2.05) is 18.6 Å². The molecule has 5 nitrogen and oxygen atoms in total. The van der Waals surface area contributed by atoms with Crippen LogP contribution in [0.15, 0.2) is 53.9 Å². The number of hydrogen-bond donors (Lipinski definition) is 0. The Labute approximate surface area is 125 Å². The van der Waals surface area contributed by atoms with Crippen LogP contribution in [-0.2, 0) is 16.6 Å². The number of piperidine rings is 1. The Morgan fingerprint density at radius 1 is 1.14 bits per heavy atom. The molecule has 0 atom stereocenters. The number of benzene rings is 1. The molecule has 2 heterocycles. The highest BCUT2D eigenvalue weighted by molar-refractivity contribution is 7.89. The van der Waals surface area contributed by atoms with Crippen molar-refractivity contribution in [2.45, 2.75) is 24.3 Å². The van der Waals surface area contributed by atoms with Crippen LogP contribution in [0.5, 0.6) is 0 Å². The largest absolute Gasteiger partial charge is 0.337 e. The van der Waals surface area contributed by atoms with Crippen molar-refractivity contribution in [3.63, 3.8) is 0 Å². The molecule has 1 aliphatic rings. The van der Waals surface area contributed by atoms with Crippen LogP contribution in [0.3, 0.4) is 0 Å². The lowest BCUT2D eigenvalue weighted by molar-refractivity contribution is 0.253. The van der Waals surface area contributed by atoms with Crippen LogP contribution in [0.4, 0.5) is 0 Å². The van der Waals surface area contributed by atoms with Crippen molar-refractivity contribution in [1.82, 2.24) is 13.9 Å². The molecule has 0 unspecified atom stereocenters. The summed E-state index contributed by atoms with van der Waals surface area (Å²) in [5.41, 5.74) is 0. The Hall–Kier alpha value is -1.66. The fraction of sp³-hybridized carbons (Fsp3) is 0.400. The van der Waals surface area contributed by atoms with E-state index >= 15 is 0 Å². The molecule has 0 spiro atoms. The van der Waals surface area contributed by atoms with Crippen molar-refractivity contribution >= 4 is 10.0 Å². The minimum Gasteiger partial charge on any atom is -0.337 e. The van der Waals surface area contributed by atoms with Gasteiger partial charge in [0.15, 0.2) is 0 Å². The molecule has 1 aromatic carbocycles. The number of imidazole rings is 1. The van der Waals surface area contributed by atoms with Crippen LogP contribution in [0, 0.1) is 5.92 Å². The molecule has 0 radical (unpaired) electrons. The molecule has 3 rings (SSSR count). The average molecular weight is 305 g/mol. The van der Waals surface area contributed by atoms with Gasteiger partial charge in [0.25, 0.3) is 0 Å². The van der Waals surface area contributed by atoms with E-state index in [0.717, 1.165) is 19.4 Å².